The number of carbonyl (C=O) groups excluding carboxylic acids is 1. The molecule has 0 atom stereocenters. The molecule has 0 aliphatic carbocycles. The molecule has 0 saturated heterocycles. The highest BCUT2D eigenvalue weighted by atomic mass is 16.4. The Morgan fingerprint density at radius 1 is 0.750 bits per heavy atom. The van der Waals surface area contributed by atoms with Crippen molar-refractivity contribution in [2.45, 2.75) is 85.5 Å². The Bertz CT molecular complexity index is 186. The molecule has 0 radical (unpaired) electrons. The van der Waals surface area contributed by atoms with Crippen LogP contribution in [0.3, 0.4) is 0 Å². The van der Waals surface area contributed by atoms with E-state index in [-0.39, 0.29) is 6.42 Å². The molecule has 0 heterocycles. The van der Waals surface area contributed by atoms with Gasteiger partial charge in [0.2, 0.25) is 0 Å². The van der Waals surface area contributed by atoms with E-state index in [1.807, 2.05) is 0 Å². The summed E-state index contributed by atoms with van der Waals surface area (Å²) < 4.78 is 0. The highest BCUT2D eigenvalue weighted by Crippen LogP contribution is 2.08. The van der Waals surface area contributed by atoms with Gasteiger partial charge in [-0.15, -0.1) is 0 Å². The quantitative estimate of drug-likeness (QED) is 0.559. The standard InChI is InChI=1S/C11H22O2.C6H15N/c1-2-3-4-5-6-7-8-9-10-11(12)13;1-4-7(5-2)6-3/h2-10H2,1H3,(H,12,13);4-6H2,1-3H3. The Kier molecular flexibility index (Phi) is 20.0. The predicted octanol–water partition coefficient (Wildman–Crippen LogP) is 2.20. The minimum atomic E-state index is -0.911. The Morgan fingerprint density at radius 3 is 1.45 bits per heavy atom. The van der Waals surface area contributed by atoms with Gasteiger partial charge in [-0.3, -0.25) is 0 Å². The number of quaternary nitrogens is 1. The Balaban J connectivity index is 0. The summed E-state index contributed by atoms with van der Waals surface area (Å²) in [7, 11) is 0. The predicted molar refractivity (Wildman–Crippen MR) is 84.8 cm³/mol. The van der Waals surface area contributed by atoms with E-state index in [2.05, 4.69) is 27.7 Å². The summed E-state index contributed by atoms with van der Waals surface area (Å²) in [5.41, 5.74) is 0. The molecule has 122 valence electrons. The summed E-state index contributed by atoms with van der Waals surface area (Å²) in [6, 6.07) is 0. The van der Waals surface area contributed by atoms with Gasteiger partial charge in [-0.2, -0.15) is 0 Å². The number of carboxylic acids is 1. The summed E-state index contributed by atoms with van der Waals surface area (Å²) >= 11 is 0. The smallest absolute Gasteiger partial charge is 0.0742 e. The Labute approximate surface area is 126 Å². The van der Waals surface area contributed by atoms with Crippen LogP contribution in [0.15, 0.2) is 0 Å². The first-order valence-electron chi connectivity index (χ1n) is 8.65. The van der Waals surface area contributed by atoms with Gasteiger partial charge in [0.05, 0.1) is 19.6 Å². The first kappa shape index (κ1) is 21.7. The molecule has 0 fully saturated rings. The molecular weight excluding hydrogens is 250 g/mol. The van der Waals surface area contributed by atoms with E-state index in [4.69, 9.17) is 0 Å². The van der Waals surface area contributed by atoms with Crippen LogP contribution in [0.5, 0.6) is 0 Å². The lowest BCUT2D eigenvalue weighted by Crippen LogP contribution is -3.11. The Hall–Kier alpha value is -0.570. The fourth-order valence-corrected chi connectivity index (χ4v) is 2.15. The number of carbonyl (C=O) groups is 1. The fourth-order valence-electron chi connectivity index (χ4n) is 2.15. The molecule has 0 unspecified atom stereocenters. The molecular formula is C17H37NO2. The molecule has 0 bridgehead atoms. The van der Waals surface area contributed by atoms with Crippen molar-refractivity contribution in [3.8, 4) is 0 Å². The zero-order valence-electron chi connectivity index (χ0n) is 14.3. The lowest BCUT2D eigenvalue weighted by Gasteiger charge is -2.10. The first-order chi connectivity index (χ1) is 9.62. The van der Waals surface area contributed by atoms with Crippen molar-refractivity contribution in [3.05, 3.63) is 0 Å². The molecule has 0 aromatic heterocycles. The summed E-state index contributed by atoms with van der Waals surface area (Å²) in [4.78, 5) is 11.7. The van der Waals surface area contributed by atoms with Gasteiger partial charge in [0, 0.05) is 5.97 Å². The maximum atomic E-state index is 10.1. The van der Waals surface area contributed by atoms with E-state index in [1.54, 1.807) is 4.90 Å². The van der Waals surface area contributed by atoms with Crippen LogP contribution in [-0.4, -0.2) is 25.6 Å². The lowest BCUT2D eigenvalue weighted by molar-refractivity contribution is -0.894. The Morgan fingerprint density at radius 2 is 1.15 bits per heavy atom. The number of nitrogens with one attached hydrogen (secondary N) is 1. The average molecular weight is 287 g/mol. The van der Waals surface area contributed by atoms with Gasteiger partial charge < -0.3 is 14.8 Å². The summed E-state index contributed by atoms with van der Waals surface area (Å²) in [5.74, 6) is -0.911. The molecule has 0 spiro atoms. The van der Waals surface area contributed by atoms with Gasteiger partial charge in [0.25, 0.3) is 0 Å². The van der Waals surface area contributed by atoms with Crippen molar-refractivity contribution in [1.29, 1.82) is 0 Å². The normalized spacial score (nSPS) is 10.2. The second-order valence-electron chi connectivity index (χ2n) is 5.41. The minimum Gasteiger partial charge on any atom is -0.550 e. The molecule has 3 heteroatoms. The van der Waals surface area contributed by atoms with E-state index in [9.17, 15) is 9.90 Å². The second kappa shape index (κ2) is 18.4. The van der Waals surface area contributed by atoms with Gasteiger partial charge in [-0.05, 0) is 33.6 Å². The number of aliphatic carboxylic acids is 1. The van der Waals surface area contributed by atoms with Crippen LogP contribution in [0.1, 0.15) is 85.5 Å². The van der Waals surface area contributed by atoms with Gasteiger partial charge in [0.1, 0.15) is 0 Å². The number of hydrogen-bond donors (Lipinski definition) is 1. The van der Waals surface area contributed by atoms with Crippen LogP contribution < -0.4 is 10.0 Å². The van der Waals surface area contributed by atoms with E-state index in [1.165, 1.54) is 58.2 Å². The van der Waals surface area contributed by atoms with Crippen molar-refractivity contribution < 1.29 is 14.8 Å². The molecule has 0 rings (SSSR count). The molecule has 0 aromatic carbocycles. The topological polar surface area (TPSA) is 44.6 Å². The molecule has 1 N–H and O–H groups in total. The highest BCUT2D eigenvalue weighted by molar-refractivity contribution is 5.63. The van der Waals surface area contributed by atoms with E-state index in [0.717, 1.165) is 12.8 Å². The van der Waals surface area contributed by atoms with Gasteiger partial charge >= 0.3 is 0 Å². The molecule has 0 aliphatic rings. The molecule has 0 saturated carbocycles. The molecule has 0 aromatic rings. The third-order valence-electron chi connectivity index (χ3n) is 3.73. The van der Waals surface area contributed by atoms with Crippen molar-refractivity contribution in [2.75, 3.05) is 19.6 Å². The SMILES string of the molecule is CCCCCCCCCCC(=O)[O-].CC[NH+](CC)CC. The van der Waals surface area contributed by atoms with Crippen LogP contribution in [0.2, 0.25) is 0 Å². The summed E-state index contributed by atoms with van der Waals surface area (Å²) in [5, 5.41) is 10.1. The maximum Gasteiger partial charge on any atom is 0.0742 e. The first-order valence-corrected chi connectivity index (χ1v) is 8.65. The van der Waals surface area contributed by atoms with Gasteiger partial charge in [-0.1, -0.05) is 51.9 Å². The fraction of sp³-hybridized carbons (Fsp3) is 0.941. The molecule has 0 aliphatic heterocycles. The lowest BCUT2D eigenvalue weighted by atomic mass is 10.1. The van der Waals surface area contributed by atoms with Crippen molar-refractivity contribution in [3.63, 3.8) is 0 Å². The summed E-state index contributed by atoms with van der Waals surface area (Å²) in [6.45, 7) is 12.7. The van der Waals surface area contributed by atoms with Crippen LogP contribution in [0.25, 0.3) is 0 Å². The minimum absolute atomic E-state index is 0.231. The third-order valence-corrected chi connectivity index (χ3v) is 3.73. The molecule has 0 amide bonds. The second-order valence-corrected chi connectivity index (χ2v) is 5.41. The van der Waals surface area contributed by atoms with Gasteiger partial charge in [0.15, 0.2) is 0 Å². The monoisotopic (exact) mass is 287 g/mol. The van der Waals surface area contributed by atoms with Crippen LogP contribution in [0, 0.1) is 0 Å². The number of carboxylic acid groups (broad SMARTS) is 1. The van der Waals surface area contributed by atoms with Gasteiger partial charge in [-0.25, -0.2) is 0 Å². The third kappa shape index (κ3) is 19.8. The average Bonchev–Trinajstić information content (AvgIpc) is 2.44. The molecule has 3 nitrogen and oxygen atoms in total. The number of hydrogen-bond acceptors (Lipinski definition) is 2. The number of unbranched alkanes of at least 4 members (excludes halogenated alkanes) is 7. The largest absolute Gasteiger partial charge is 0.550 e. The maximum absolute atomic E-state index is 10.1. The van der Waals surface area contributed by atoms with Crippen molar-refractivity contribution >= 4 is 5.97 Å². The van der Waals surface area contributed by atoms with Crippen LogP contribution in [-0.2, 0) is 4.79 Å². The van der Waals surface area contributed by atoms with Crippen LogP contribution >= 0.6 is 0 Å². The number of rotatable bonds is 12. The summed E-state index contributed by atoms with van der Waals surface area (Å²) in [6.07, 6.45) is 9.75. The van der Waals surface area contributed by atoms with Crippen LogP contribution in [0.4, 0.5) is 0 Å². The highest BCUT2D eigenvalue weighted by Gasteiger charge is 1.93. The molecule has 20 heavy (non-hydrogen) atoms. The van der Waals surface area contributed by atoms with E-state index < -0.39 is 5.97 Å². The van der Waals surface area contributed by atoms with E-state index >= 15 is 0 Å². The zero-order chi connectivity index (χ0) is 15.6. The van der Waals surface area contributed by atoms with E-state index in [0.29, 0.717) is 0 Å². The van der Waals surface area contributed by atoms with Crippen molar-refractivity contribution in [2.24, 2.45) is 0 Å². The van der Waals surface area contributed by atoms with Crippen molar-refractivity contribution in [1.82, 2.24) is 0 Å². The zero-order valence-corrected chi connectivity index (χ0v) is 14.3.